The van der Waals surface area contributed by atoms with E-state index in [-0.39, 0.29) is 11.9 Å². The summed E-state index contributed by atoms with van der Waals surface area (Å²) in [5.41, 5.74) is 7.92. The summed E-state index contributed by atoms with van der Waals surface area (Å²) in [4.78, 5) is 13.3. The highest BCUT2D eigenvalue weighted by atomic mass is 16.5. The number of methoxy groups -OCH3 is 1. The number of rotatable bonds is 4. The summed E-state index contributed by atoms with van der Waals surface area (Å²) in [7, 11) is 1.34. The highest BCUT2D eigenvalue weighted by Crippen LogP contribution is 2.03. The van der Waals surface area contributed by atoms with Gasteiger partial charge in [0, 0.05) is 11.5 Å². The fourth-order valence-electron chi connectivity index (χ4n) is 0.615. The van der Waals surface area contributed by atoms with E-state index < -0.39 is 0 Å². The SMILES string of the molecule is COC(=O)[C@@H](C)CCN=[N+]=[N-]. The smallest absolute Gasteiger partial charge is 0.308 e. The first-order valence-electron chi connectivity index (χ1n) is 3.31. The topological polar surface area (TPSA) is 75.1 Å². The molecule has 0 saturated carbocycles. The number of carbonyl (C=O) groups is 1. The molecule has 62 valence electrons. The van der Waals surface area contributed by atoms with Crippen LogP contribution in [0.2, 0.25) is 0 Å². The number of hydrogen-bond acceptors (Lipinski definition) is 3. The Kier molecular flexibility index (Phi) is 4.94. The third kappa shape index (κ3) is 4.22. The fraction of sp³-hybridized carbons (Fsp3) is 0.833. The van der Waals surface area contributed by atoms with Crippen LogP contribution in [-0.2, 0) is 9.53 Å². The standard InChI is InChI=1S/C6H11N3O2/c1-5(6(10)11-2)3-4-8-9-7/h5H,3-4H2,1-2H3/t5-/m0/s1. The first-order chi connectivity index (χ1) is 5.22. The lowest BCUT2D eigenvalue weighted by Crippen LogP contribution is -2.13. The van der Waals surface area contributed by atoms with Crippen molar-refractivity contribution in [2.75, 3.05) is 13.7 Å². The molecule has 0 unspecified atom stereocenters. The predicted octanol–water partition coefficient (Wildman–Crippen LogP) is 1.50. The summed E-state index contributed by atoms with van der Waals surface area (Å²) < 4.78 is 4.47. The molecule has 0 N–H and O–H groups in total. The van der Waals surface area contributed by atoms with Crippen LogP contribution in [0.5, 0.6) is 0 Å². The van der Waals surface area contributed by atoms with Gasteiger partial charge in [-0.25, -0.2) is 0 Å². The molecule has 0 aliphatic heterocycles. The third-order valence-electron chi connectivity index (χ3n) is 1.33. The van der Waals surface area contributed by atoms with Crippen molar-refractivity contribution in [2.45, 2.75) is 13.3 Å². The first kappa shape index (κ1) is 9.78. The lowest BCUT2D eigenvalue weighted by atomic mass is 10.1. The third-order valence-corrected chi connectivity index (χ3v) is 1.33. The average molecular weight is 157 g/mol. The molecule has 5 heteroatoms. The van der Waals surface area contributed by atoms with Crippen molar-refractivity contribution < 1.29 is 9.53 Å². The molecule has 0 spiro atoms. The molecule has 0 heterocycles. The molecular weight excluding hydrogens is 146 g/mol. The van der Waals surface area contributed by atoms with E-state index in [4.69, 9.17) is 5.53 Å². The van der Waals surface area contributed by atoms with E-state index in [9.17, 15) is 4.79 Å². The van der Waals surface area contributed by atoms with Crippen molar-refractivity contribution >= 4 is 5.97 Å². The highest BCUT2D eigenvalue weighted by Gasteiger charge is 2.10. The Bertz CT molecular complexity index is 175. The van der Waals surface area contributed by atoms with E-state index in [1.165, 1.54) is 7.11 Å². The van der Waals surface area contributed by atoms with Crippen LogP contribution in [0.25, 0.3) is 10.4 Å². The number of ether oxygens (including phenoxy) is 1. The van der Waals surface area contributed by atoms with E-state index in [1.54, 1.807) is 6.92 Å². The lowest BCUT2D eigenvalue weighted by molar-refractivity contribution is -0.144. The van der Waals surface area contributed by atoms with E-state index in [0.717, 1.165) is 0 Å². The van der Waals surface area contributed by atoms with Gasteiger partial charge in [0.2, 0.25) is 0 Å². The predicted molar refractivity (Wildman–Crippen MR) is 39.8 cm³/mol. The molecule has 0 aliphatic carbocycles. The summed E-state index contributed by atoms with van der Waals surface area (Å²) in [6.45, 7) is 2.07. The van der Waals surface area contributed by atoms with Crippen LogP contribution in [0.3, 0.4) is 0 Å². The average Bonchev–Trinajstić information content (AvgIpc) is 2.03. The highest BCUT2D eigenvalue weighted by molar-refractivity contribution is 5.71. The number of nitrogens with zero attached hydrogens (tertiary/aromatic N) is 3. The van der Waals surface area contributed by atoms with Gasteiger partial charge in [-0.15, -0.1) is 0 Å². The molecule has 0 amide bonds. The minimum atomic E-state index is -0.266. The van der Waals surface area contributed by atoms with E-state index >= 15 is 0 Å². The molecule has 1 atom stereocenters. The maximum atomic E-state index is 10.7. The molecule has 0 bridgehead atoms. The van der Waals surface area contributed by atoms with Crippen LogP contribution >= 0.6 is 0 Å². The van der Waals surface area contributed by atoms with Gasteiger partial charge in [0.25, 0.3) is 0 Å². The van der Waals surface area contributed by atoms with Gasteiger partial charge in [-0.2, -0.15) is 0 Å². The summed E-state index contributed by atoms with van der Waals surface area (Å²) in [6.07, 6.45) is 0.538. The Morgan fingerprint density at radius 3 is 2.91 bits per heavy atom. The van der Waals surface area contributed by atoms with Gasteiger partial charge >= 0.3 is 5.97 Å². The molecular formula is C6H11N3O2. The molecule has 0 radical (unpaired) electrons. The second-order valence-corrected chi connectivity index (χ2v) is 2.17. The van der Waals surface area contributed by atoms with Gasteiger partial charge in [0.1, 0.15) is 0 Å². The second kappa shape index (κ2) is 5.56. The Morgan fingerprint density at radius 1 is 1.82 bits per heavy atom. The van der Waals surface area contributed by atoms with Crippen LogP contribution in [0.1, 0.15) is 13.3 Å². The molecule has 0 fully saturated rings. The van der Waals surface area contributed by atoms with Crippen LogP contribution in [0.15, 0.2) is 5.11 Å². The van der Waals surface area contributed by atoms with Gasteiger partial charge in [-0.05, 0) is 12.0 Å². The summed E-state index contributed by atoms with van der Waals surface area (Å²) in [5, 5.41) is 3.30. The van der Waals surface area contributed by atoms with Crippen molar-refractivity contribution in [1.29, 1.82) is 0 Å². The lowest BCUT2D eigenvalue weighted by Gasteiger charge is -2.05. The number of hydrogen-bond donors (Lipinski definition) is 0. The summed E-state index contributed by atoms with van der Waals surface area (Å²) >= 11 is 0. The summed E-state index contributed by atoms with van der Waals surface area (Å²) in [6, 6.07) is 0. The minimum Gasteiger partial charge on any atom is -0.469 e. The quantitative estimate of drug-likeness (QED) is 0.268. The molecule has 0 rings (SSSR count). The van der Waals surface area contributed by atoms with Gasteiger partial charge in [-0.3, -0.25) is 4.79 Å². The normalized spacial score (nSPS) is 11.5. The molecule has 0 aliphatic rings. The molecule has 11 heavy (non-hydrogen) atoms. The Balaban J connectivity index is 3.59. The number of esters is 1. The molecule has 5 nitrogen and oxygen atoms in total. The largest absolute Gasteiger partial charge is 0.469 e. The van der Waals surface area contributed by atoms with Gasteiger partial charge in [-0.1, -0.05) is 12.0 Å². The van der Waals surface area contributed by atoms with Crippen molar-refractivity contribution in [3.05, 3.63) is 10.4 Å². The maximum Gasteiger partial charge on any atom is 0.308 e. The van der Waals surface area contributed by atoms with Gasteiger partial charge < -0.3 is 4.74 Å². The fourth-order valence-corrected chi connectivity index (χ4v) is 0.615. The minimum absolute atomic E-state index is 0.189. The molecule has 0 aromatic rings. The molecule has 0 saturated heterocycles. The zero-order valence-electron chi connectivity index (χ0n) is 6.65. The van der Waals surface area contributed by atoms with Gasteiger partial charge in [0.15, 0.2) is 0 Å². The van der Waals surface area contributed by atoms with Crippen LogP contribution in [0.4, 0.5) is 0 Å². The maximum absolute atomic E-state index is 10.7. The van der Waals surface area contributed by atoms with Crippen LogP contribution < -0.4 is 0 Å². The number of carbonyl (C=O) groups excluding carboxylic acids is 1. The van der Waals surface area contributed by atoms with Crippen LogP contribution in [-0.4, -0.2) is 19.6 Å². The zero-order chi connectivity index (χ0) is 8.69. The Labute approximate surface area is 65.0 Å². The van der Waals surface area contributed by atoms with E-state index in [1.807, 2.05) is 0 Å². The van der Waals surface area contributed by atoms with Crippen molar-refractivity contribution in [3.63, 3.8) is 0 Å². The van der Waals surface area contributed by atoms with Crippen molar-refractivity contribution in [2.24, 2.45) is 11.0 Å². The van der Waals surface area contributed by atoms with E-state index in [0.29, 0.717) is 13.0 Å². The number of azide groups is 1. The monoisotopic (exact) mass is 157 g/mol. The molecule has 0 aromatic carbocycles. The Hall–Kier alpha value is -1.22. The Morgan fingerprint density at radius 2 is 2.45 bits per heavy atom. The zero-order valence-corrected chi connectivity index (χ0v) is 6.65. The second-order valence-electron chi connectivity index (χ2n) is 2.17. The van der Waals surface area contributed by atoms with Gasteiger partial charge in [0.05, 0.1) is 13.0 Å². The van der Waals surface area contributed by atoms with Crippen molar-refractivity contribution in [1.82, 2.24) is 0 Å². The first-order valence-corrected chi connectivity index (χ1v) is 3.31. The van der Waals surface area contributed by atoms with E-state index in [2.05, 4.69) is 14.8 Å². The molecule has 0 aromatic heterocycles. The summed E-state index contributed by atoms with van der Waals surface area (Å²) in [5.74, 6) is -0.455. The van der Waals surface area contributed by atoms with Crippen LogP contribution in [0, 0.1) is 5.92 Å². The van der Waals surface area contributed by atoms with Crippen molar-refractivity contribution in [3.8, 4) is 0 Å².